The van der Waals surface area contributed by atoms with Crippen molar-refractivity contribution in [3.63, 3.8) is 0 Å². The highest BCUT2D eigenvalue weighted by Gasteiger charge is 2.45. The van der Waals surface area contributed by atoms with Crippen LogP contribution in [0, 0.1) is 0 Å². The number of benzene rings is 1. The van der Waals surface area contributed by atoms with Gasteiger partial charge in [0.05, 0.1) is 12.4 Å². The van der Waals surface area contributed by atoms with Gasteiger partial charge in [0.25, 0.3) is 0 Å². The molecule has 2 aromatic rings. The highest BCUT2D eigenvalue weighted by atomic mass is 35.5. The first-order valence-electron chi connectivity index (χ1n) is 6.44. The molecule has 0 spiro atoms. The summed E-state index contributed by atoms with van der Waals surface area (Å²) in [5.41, 5.74) is 1.69. The summed E-state index contributed by atoms with van der Waals surface area (Å²) in [4.78, 5) is 10.5. The van der Waals surface area contributed by atoms with E-state index in [4.69, 9.17) is 11.6 Å². The van der Waals surface area contributed by atoms with E-state index in [1.165, 1.54) is 18.4 Å². The van der Waals surface area contributed by atoms with Crippen molar-refractivity contribution in [3.8, 4) is 0 Å². The van der Waals surface area contributed by atoms with Crippen LogP contribution in [0.15, 0.2) is 42.7 Å². The van der Waals surface area contributed by atoms with E-state index in [2.05, 4.69) is 45.2 Å². The number of hydrogen-bond donors (Lipinski definition) is 0. The van der Waals surface area contributed by atoms with Crippen molar-refractivity contribution < 1.29 is 0 Å². The van der Waals surface area contributed by atoms with Gasteiger partial charge in [-0.1, -0.05) is 41.9 Å². The number of aromatic nitrogens is 2. The van der Waals surface area contributed by atoms with Crippen LogP contribution in [0.3, 0.4) is 0 Å². The third-order valence-corrected chi connectivity index (χ3v) is 3.95. The Morgan fingerprint density at radius 1 is 1.21 bits per heavy atom. The van der Waals surface area contributed by atoms with E-state index in [9.17, 15) is 0 Å². The van der Waals surface area contributed by atoms with Crippen molar-refractivity contribution in [1.82, 2.24) is 9.97 Å². The van der Waals surface area contributed by atoms with Crippen LogP contribution in [-0.2, 0) is 5.41 Å². The first kappa shape index (κ1) is 12.4. The van der Waals surface area contributed by atoms with E-state index in [0.29, 0.717) is 5.15 Å². The minimum absolute atomic E-state index is 0.278. The molecule has 3 nitrogen and oxygen atoms in total. The monoisotopic (exact) mass is 273 g/mol. The predicted octanol–water partition coefficient (Wildman–Crippen LogP) is 3.30. The standard InChI is InChI=1S/C15H16ClN3/c1-19(14-10-17-9-13(16)18-14)11-15(7-8-15)12-5-3-2-4-6-12/h2-6,9-10H,7-8,11H2,1H3. The summed E-state index contributed by atoms with van der Waals surface area (Å²) < 4.78 is 0. The van der Waals surface area contributed by atoms with Crippen LogP contribution in [0.2, 0.25) is 5.15 Å². The molecule has 1 fully saturated rings. The fraction of sp³-hybridized carbons (Fsp3) is 0.333. The minimum atomic E-state index is 0.278. The largest absolute Gasteiger partial charge is 0.357 e. The summed E-state index contributed by atoms with van der Waals surface area (Å²) in [6.45, 7) is 0.950. The summed E-state index contributed by atoms with van der Waals surface area (Å²) in [6.07, 6.45) is 5.78. The van der Waals surface area contributed by atoms with Gasteiger partial charge in [-0.05, 0) is 18.4 Å². The van der Waals surface area contributed by atoms with Crippen LogP contribution in [-0.4, -0.2) is 23.6 Å². The molecule has 0 bridgehead atoms. The third-order valence-electron chi connectivity index (χ3n) is 3.76. The molecule has 0 radical (unpaired) electrons. The second-order valence-corrected chi connectivity index (χ2v) is 5.59. The van der Waals surface area contributed by atoms with E-state index in [1.54, 1.807) is 12.4 Å². The summed E-state index contributed by atoms with van der Waals surface area (Å²) in [7, 11) is 2.04. The molecule has 0 amide bonds. The van der Waals surface area contributed by atoms with Gasteiger partial charge in [-0.3, -0.25) is 4.98 Å². The van der Waals surface area contributed by atoms with Crippen LogP contribution in [0.1, 0.15) is 18.4 Å². The first-order valence-corrected chi connectivity index (χ1v) is 6.82. The molecule has 0 saturated heterocycles. The molecule has 19 heavy (non-hydrogen) atoms. The van der Waals surface area contributed by atoms with E-state index in [-0.39, 0.29) is 5.41 Å². The fourth-order valence-corrected chi connectivity index (χ4v) is 2.68. The van der Waals surface area contributed by atoms with Crippen molar-refractivity contribution in [2.24, 2.45) is 0 Å². The van der Waals surface area contributed by atoms with Gasteiger partial charge in [0.15, 0.2) is 0 Å². The number of halogens is 1. The zero-order chi connectivity index (χ0) is 13.3. The lowest BCUT2D eigenvalue weighted by Crippen LogP contribution is -2.29. The van der Waals surface area contributed by atoms with Gasteiger partial charge in [-0.15, -0.1) is 0 Å². The van der Waals surface area contributed by atoms with Crippen molar-refractivity contribution in [2.75, 3.05) is 18.5 Å². The number of likely N-dealkylation sites (N-methyl/N-ethyl adjacent to an activating group) is 1. The van der Waals surface area contributed by atoms with Gasteiger partial charge in [-0.2, -0.15) is 0 Å². The van der Waals surface area contributed by atoms with E-state index in [0.717, 1.165) is 12.4 Å². The smallest absolute Gasteiger partial charge is 0.149 e. The Hall–Kier alpha value is -1.61. The topological polar surface area (TPSA) is 29.0 Å². The third kappa shape index (κ3) is 2.56. The van der Waals surface area contributed by atoms with Gasteiger partial charge in [-0.25, -0.2) is 4.98 Å². The average Bonchev–Trinajstić information content (AvgIpc) is 3.21. The maximum atomic E-state index is 5.89. The van der Waals surface area contributed by atoms with Crippen molar-refractivity contribution in [1.29, 1.82) is 0 Å². The molecule has 0 aliphatic heterocycles. The lowest BCUT2D eigenvalue weighted by Gasteiger charge is -2.25. The number of anilines is 1. The molecule has 4 heteroatoms. The summed E-state index contributed by atoms with van der Waals surface area (Å²) >= 11 is 5.89. The van der Waals surface area contributed by atoms with Gasteiger partial charge in [0.1, 0.15) is 11.0 Å². The van der Waals surface area contributed by atoms with Gasteiger partial charge < -0.3 is 4.90 Å². The zero-order valence-corrected chi connectivity index (χ0v) is 11.6. The lowest BCUT2D eigenvalue weighted by atomic mass is 9.95. The molecule has 1 aromatic heterocycles. The first-order chi connectivity index (χ1) is 9.20. The maximum absolute atomic E-state index is 5.89. The molecule has 98 valence electrons. The Bertz CT molecular complexity index is 567. The molecule has 1 aliphatic rings. The fourth-order valence-electron chi connectivity index (χ4n) is 2.53. The van der Waals surface area contributed by atoms with E-state index >= 15 is 0 Å². The number of hydrogen-bond acceptors (Lipinski definition) is 3. The predicted molar refractivity (Wildman–Crippen MR) is 77.7 cm³/mol. The van der Waals surface area contributed by atoms with Gasteiger partial charge in [0.2, 0.25) is 0 Å². The summed E-state index contributed by atoms with van der Waals surface area (Å²) in [5, 5.41) is 0.439. The Kier molecular flexibility index (Phi) is 3.15. The van der Waals surface area contributed by atoms with Crippen LogP contribution in [0.4, 0.5) is 5.82 Å². The van der Waals surface area contributed by atoms with E-state index in [1.807, 2.05) is 7.05 Å². The summed E-state index contributed by atoms with van der Waals surface area (Å²) in [6, 6.07) is 10.7. The van der Waals surface area contributed by atoms with Crippen molar-refractivity contribution >= 4 is 17.4 Å². The van der Waals surface area contributed by atoms with Crippen molar-refractivity contribution in [3.05, 3.63) is 53.4 Å². The molecular weight excluding hydrogens is 258 g/mol. The van der Waals surface area contributed by atoms with Crippen LogP contribution < -0.4 is 4.90 Å². The quantitative estimate of drug-likeness (QED) is 0.856. The van der Waals surface area contributed by atoms with Crippen LogP contribution in [0.25, 0.3) is 0 Å². The molecule has 1 saturated carbocycles. The molecule has 3 rings (SSSR count). The Morgan fingerprint density at radius 3 is 2.58 bits per heavy atom. The molecule has 1 aromatic carbocycles. The molecule has 0 N–H and O–H groups in total. The Balaban J connectivity index is 1.78. The Morgan fingerprint density at radius 2 is 1.95 bits per heavy atom. The molecular formula is C15H16ClN3. The van der Waals surface area contributed by atoms with Crippen LogP contribution in [0.5, 0.6) is 0 Å². The normalized spacial score (nSPS) is 16.1. The minimum Gasteiger partial charge on any atom is -0.357 e. The van der Waals surface area contributed by atoms with Crippen molar-refractivity contribution in [2.45, 2.75) is 18.3 Å². The van der Waals surface area contributed by atoms with E-state index < -0.39 is 0 Å². The molecule has 1 heterocycles. The van der Waals surface area contributed by atoms with Gasteiger partial charge >= 0.3 is 0 Å². The number of nitrogens with zero attached hydrogens (tertiary/aromatic N) is 3. The molecule has 0 unspecified atom stereocenters. The highest BCUT2D eigenvalue weighted by Crippen LogP contribution is 2.48. The maximum Gasteiger partial charge on any atom is 0.149 e. The van der Waals surface area contributed by atoms with Gasteiger partial charge in [0, 0.05) is 19.0 Å². The summed E-state index contributed by atoms with van der Waals surface area (Å²) in [5.74, 6) is 0.828. The second kappa shape index (κ2) is 4.82. The SMILES string of the molecule is CN(CC1(c2ccccc2)CC1)c1cncc(Cl)n1. The number of rotatable bonds is 4. The second-order valence-electron chi connectivity index (χ2n) is 5.20. The lowest BCUT2D eigenvalue weighted by molar-refractivity contribution is 0.668. The zero-order valence-electron chi connectivity index (χ0n) is 10.9. The Labute approximate surface area is 118 Å². The van der Waals surface area contributed by atoms with Crippen LogP contribution >= 0.6 is 11.6 Å². The molecule has 1 aliphatic carbocycles. The molecule has 0 atom stereocenters. The average molecular weight is 274 g/mol. The highest BCUT2D eigenvalue weighted by molar-refractivity contribution is 6.29.